The van der Waals surface area contributed by atoms with Crippen LogP contribution in [0.2, 0.25) is 0 Å². The number of allylic oxidation sites excluding steroid dienone is 4. The largest absolute Gasteiger partial charge is 0.748 e. The van der Waals surface area contributed by atoms with E-state index in [2.05, 4.69) is 0 Å². The lowest BCUT2D eigenvalue weighted by Crippen LogP contribution is -2.31. The summed E-state index contributed by atoms with van der Waals surface area (Å²) in [6.45, 7) is 5.63. The minimum atomic E-state index is -5.00. The van der Waals surface area contributed by atoms with Crippen molar-refractivity contribution >= 4 is 75.3 Å². The van der Waals surface area contributed by atoms with Crippen molar-refractivity contribution in [2.24, 2.45) is 5.92 Å². The lowest BCUT2D eigenvalue weighted by atomic mass is 9.77. The van der Waals surface area contributed by atoms with Gasteiger partial charge < -0.3 is 33.3 Å². The Bertz CT molecular complexity index is 2670. The predicted molar refractivity (Wildman–Crippen MR) is 223 cm³/mol. The summed E-state index contributed by atoms with van der Waals surface area (Å²) >= 11 is 0. The lowest BCUT2D eigenvalue weighted by Gasteiger charge is -2.31. The molecule has 4 rings (SSSR count). The van der Waals surface area contributed by atoms with Crippen LogP contribution in [0, 0.1) is 5.92 Å². The summed E-state index contributed by atoms with van der Waals surface area (Å²) in [6.07, 6.45) is 7.04. The van der Waals surface area contributed by atoms with Crippen LogP contribution in [-0.2, 0) is 65.7 Å². The summed E-state index contributed by atoms with van der Waals surface area (Å²) in [5.74, 6) is -7.71. The maximum absolute atomic E-state index is 12.5. The van der Waals surface area contributed by atoms with E-state index in [0.29, 0.717) is 72.4 Å². The number of fused-ring (bicyclic) bond motifs is 2. The van der Waals surface area contributed by atoms with Crippen molar-refractivity contribution in [1.29, 1.82) is 0 Å². The summed E-state index contributed by atoms with van der Waals surface area (Å²) in [4.78, 5) is 36.0. The third-order valence-electron chi connectivity index (χ3n) is 11.4. The number of aliphatic carboxylic acids is 2. The van der Waals surface area contributed by atoms with Gasteiger partial charge in [0.05, 0.1) is 41.2 Å². The Morgan fingerprint density at radius 1 is 0.746 bits per heavy atom. The molecule has 2 aromatic carbocycles. The molecule has 0 spiro atoms. The third kappa shape index (κ3) is 13.1. The summed E-state index contributed by atoms with van der Waals surface area (Å²) < 4.78 is 143. The van der Waals surface area contributed by atoms with Crippen molar-refractivity contribution in [3.63, 3.8) is 0 Å². The second kappa shape index (κ2) is 19.8. The number of hydrogen-bond acceptors (Lipinski definition) is 16. The first-order valence-electron chi connectivity index (χ1n) is 19.8. The van der Waals surface area contributed by atoms with Gasteiger partial charge >= 0.3 is 11.9 Å². The van der Waals surface area contributed by atoms with Crippen LogP contribution < -0.4 is 4.90 Å². The predicted octanol–water partition coefficient (Wildman–Crippen LogP) is 3.43. The van der Waals surface area contributed by atoms with Gasteiger partial charge in [0, 0.05) is 66.1 Å². The van der Waals surface area contributed by atoms with Crippen LogP contribution in [0.5, 0.6) is 0 Å². The van der Waals surface area contributed by atoms with E-state index >= 15 is 0 Å². The fourth-order valence-corrected chi connectivity index (χ4v) is 10.4. The number of hydrogen-bond donors (Lipinski definition) is 2. The molecule has 19 nitrogen and oxygen atoms in total. The fraction of sp³-hybridized carbons (Fsp3) is 0.500. The van der Waals surface area contributed by atoms with Crippen LogP contribution in [-0.4, -0.2) is 115 Å². The first kappa shape index (κ1) is 51.3. The molecule has 2 aliphatic rings. The van der Waals surface area contributed by atoms with Gasteiger partial charge in [0.15, 0.2) is 5.71 Å². The zero-order valence-electron chi connectivity index (χ0n) is 34.7. The molecule has 0 bridgehead atoms. The van der Waals surface area contributed by atoms with Crippen molar-refractivity contribution < 1.29 is 81.1 Å². The van der Waals surface area contributed by atoms with Gasteiger partial charge in [-0.3, -0.25) is 14.4 Å². The van der Waals surface area contributed by atoms with Crippen LogP contribution >= 0.6 is 0 Å². The van der Waals surface area contributed by atoms with Crippen LogP contribution in [0.4, 0.5) is 11.4 Å². The van der Waals surface area contributed by atoms with E-state index in [4.69, 9.17) is 5.11 Å². The van der Waals surface area contributed by atoms with E-state index in [1.807, 2.05) is 4.58 Å². The Balaban J connectivity index is 1.78. The maximum atomic E-state index is 12.5. The molecule has 0 amide bonds. The Kier molecular flexibility index (Phi) is 16.1. The van der Waals surface area contributed by atoms with E-state index in [1.54, 1.807) is 43.9 Å². The number of Topliss-reactive ketones (excluding diaryl/α,β-unsaturated/α-hetero) is 1. The smallest absolute Gasteiger partial charge is 0.315 e. The Morgan fingerprint density at radius 3 is 1.90 bits per heavy atom. The zero-order chi connectivity index (χ0) is 47.3. The fourth-order valence-electron chi connectivity index (χ4n) is 8.23. The SMILES string of the molecule is CC1(C)C(C=CC=C2N(CCCS(=O)(=O)[O-])c3ccc(S(=O)(=O)[O-])cc3C2(C)CCCCCC(=O)O)=[N+](CCCCCC(=O)C(CS(=O)(=O)[O-])C(=O)O)c2ccc(S(=O)(=O)[O-])cc21. The van der Waals surface area contributed by atoms with Crippen molar-refractivity contribution in [2.45, 2.75) is 106 Å². The van der Waals surface area contributed by atoms with Gasteiger partial charge in [-0.15, -0.1) is 0 Å². The zero-order valence-corrected chi connectivity index (χ0v) is 38.0. The number of nitrogens with zero attached hydrogens (tertiary/aromatic N) is 2. The van der Waals surface area contributed by atoms with Crippen LogP contribution in [0.1, 0.15) is 96.1 Å². The number of ketones is 1. The minimum absolute atomic E-state index is 0.0132. The molecular formula is C40H49N2O17S4-3. The van der Waals surface area contributed by atoms with E-state index in [-0.39, 0.29) is 38.8 Å². The molecule has 2 aliphatic heterocycles. The van der Waals surface area contributed by atoms with Gasteiger partial charge in [0.25, 0.3) is 0 Å². The molecule has 2 unspecified atom stereocenters. The van der Waals surface area contributed by atoms with Gasteiger partial charge in [0.2, 0.25) is 5.69 Å². The van der Waals surface area contributed by atoms with Crippen molar-refractivity contribution in [2.75, 3.05) is 29.5 Å². The first-order valence-corrected chi connectivity index (χ1v) is 25.8. The number of benzene rings is 2. The monoisotopic (exact) mass is 957 g/mol. The third-order valence-corrected chi connectivity index (χ3v) is 14.6. The molecule has 63 heavy (non-hydrogen) atoms. The van der Waals surface area contributed by atoms with E-state index < -0.39 is 96.2 Å². The van der Waals surface area contributed by atoms with Gasteiger partial charge in [0.1, 0.15) is 38.5 Å². The summed E-state index contributed by atoms with van der Waals surface area (Å²) in [7, 11) is -19.4. The first-order chi connectivity index (χ1) is 29.0. The Labute approximate surface area is 367 Å². The van der Waals surface area contributed by atoms with Crippen LogP contribution in [0.3, 0.4) is 0 Å². The van der Waals surface area contributed by atoms with Gasteiger partial charge in [-0.2, -0.15) is 4.58 Å². The van der Waals surface area contributed by atoms with Crippen LogP contribution in [0.25, 0.3) is 0 Å². The number of rotatable bonds is 24. The molecule has 2 atom stereocenters. The van der Waals surface area contributed by atoms with Crippen molar-refractivity contribution in [3.8, 4) is 0 Å². The topological polar surface area (TPSA) is 327 Å². The second-order valence-electron chi connectivity index (χ2n) is 16.3. The normalized spacial score (nSPS) is 18.8. The highest BCUT2D eigenvalue weighted by Crippen LogP contribution is 2.51. The van der Waals surface area contributed by atoms with Gasteiger partial charge in [-0.05, 0) is 94.8 Å². The van der Waals surface area contributed by atoms with Gasteiger partial charge in [-0.1, -0.05) is 18.9 Å². The molecule has 0 radical (unpaired) electrons. The molecule has 0 aromatic heterocycles. The van der Waals surface area contributed by atoms with Crippen molar-refractivity contribution in [1.82, 2.24) is 0 Å². The molecule has 0 fully saturated rings. The molecule has 2 heterocycles. The molecular weight excluding hydrogens is 909 g/mol. The molecule has 0 saturated carbocycles. The molecule has 0 saturated heterocycles. The molecule has 348 valence electrons. The molecule has 2 N–H and O–H groups in total. The second-order valence-corrected chi connectivity index (χ2v) is 22.0. The standard InChI is InChI=1S/C40H52N2O17S4/c1-39(2)30-24-27(62(54,55)56)16-18-32(30)41(21-9-5-6-12-34(43)29(38(46)47)26-61(51,52)53)35(39)13-10-14-36-40(3,20-8-4-7-15-37(44)45)31-25-28(63(57,58)59)17-19-33(31)42(36)22-11-23-60(48,49)50/h10,13-14,16-19,24-25,29H,4-9,11-12,15,20-23,26H2,1-3H3,(H5-,44,45,46,47,48,49,50,51,52,53,54,55,56,57,58,59)/p-3. The van der Waals surface area contributed by atoms with E-state index in [9.17, 15) is 71.4 Å². The minimum Gasteiger partial charge on any atom is -0.748 e. The van der Waals surface area contributed by atoms with Crippen LogP contribution in [0.15, 0.2) is 70.1 Å². The molecule has 23 heteroatoms. The van der Waals surface area contributed by atoms with E-state index in [1.165, 1.54) is 30.3 Å². The number of carboxylic acids is 2. The number of carbonyl (C=O) groups is 3. The lowest BCUT2D eigenvalue weighted by molar-refractivity contribution is -0.438. The number of unbranched alkanes of at least 4 members (excludes halogenated alkanes) is 4. The highest BCUT2D eigenvalue weighted by atomic mass is 32.2. The highest BCUT2D eigenvalue weighted by Gasteiger charge is 2.46. The average Bonchev–Trinajstić information content (AvgIpc) is 3.50. The van der Waals surface area contributed by atoms with E-state index in [0.717, 1.165) is 6.07 Å². The van der Waals surface area contributed by atoms with Gasteiger partial charge in [-0.25, -0.2) is 33.7 Å². The molecule has 0 aliphatic carbocycles. The van der Waals surface area contributed by atoms with Crippen molar-refractivity contribution in [3.05, 3.63) is 71.5 Å². The summed E-state index contributed by atoms with van der Waals surface area (Å²) in [5.41, 5.74) is 1.06. The maximum Gasteiger partial charge on any atom is 0.315 e. The number of carboxylic acid groups (broad SMARTS) is 2. The summed E-state index contributed by atoms with van der Waals surface area (Å²) in [6, 6.07) is 7.74. The quantitative estimate of drug-likeness (QED) is 0.0658. The highest BCUT2D eigenvalue weighted by molar-refractivity contribution is 7.86. The average molecular weight is 958 g/mol. The Morgan fingerprint density at radius 2 is 1.33 bits per heavy atom. The number of anilines is 1. The Hall–Kier alpha value is -4.36. The molecule has 2 aromatic rings. The summed E-state index contributed by atoms with van der Waals surface area (Å²) in [5, 5.41) is 18.5. The number of carbonyl (C=O) groups excluding carboxylic acids is 1.